The van der Waals surface area contributed by atoms with Gasteiger partial charge in [0.15, 0.2) is 0 Å². The van der Waals surface area contributed by atoms with Gasteiger partial charge in [-0.05, 0) is 38.4 Å². The molecule has 0 spiro atoms. The summed E-state index contributed by atoms with van der Waals surface area (Å²) in [6, 6.07) is 7.44. The van der Waals surface area contributed by atoms with Crippen molar-refractivity contribution in [2.45, 2.75) is 0 Å². The number of hydrogen-bond acceptors (Lipinski definition) is 4. The predicted molar refractivity (Wildman–Crippen MR) is 59.9 cm³/mol. The molecule has 0 N–H and O–H groups in total. The topological polar surface area (TPSA) is 24.8 Å². The number of nitrogens with zero attached hydrogens (tertiary/aromatic N) is 2. The van der Waals surface area contributed by atoms with Crippen LogP contribution in [0.4, 0.5) is 5.69 Å². The van der Waals surface area contributed by atoms with E-state index in [1.165, 1.54) is 0 Å². The van der Waals surface area contributed by atoms with Crippen LogP contribution in [0.3, 0.4) is 0 Å². The van der Waals surface area contributed by atoms with Gasteiger partial charge >= 0.3 is 0 Å². The van der Waals surface area contributed by atoms with E-state index in [1.54, 1.807) is 0 Å². The van der Waals surface area contributed by atoms with Crippen LogP contribution < -0.4 is 4.74 Å². The van der Waals surface area contributed by atoms with E-state index >= 15 is 0 Å². The fraction of sp³-hybridized carbons (Fsp3) is 0.400. The minimum atomic E-state index is 0.692. The summed E-state index contributed by atoms with van der Waals surface area (Å²) >= 11 is 4.56. The Labute approximate surface area is 89.9 Å². The van der Waals surface area contributed by atoms with Gasteiger partial charge in [-0.2, -0.15) is 4.36 Å². The Morgan fingerprint density at radius 1 is 1.29 bits per heavy atom. The highest BCUT2D eigenvalue weighted by molar-refractivity contribution is 7.47. The molecule has 0 fully saturated rings. The molecule has 1 aromatic rings. The minimum Gasteiger partial charge on any atom is -0.492 e. The second-order valence-corrected chi connectivity index (χ2v) is 3.42. The van der Waals surface area contributed by atoms with Gasteiger partial charge in [-0.1, -0.05) is 0 Å². The lowest BCUT2D eigenvalue weighted by atomic mass is 10.3. The quantitative estimate of drug-likeness (QED) is 0.743. The summed E-state index contributed by atoms with van der Waals surface area (Å²) in [6.07, 6.45) is 0. The second-order valence-electron chi connectivity index (χ2n) is 3.24. The van der Waals surface area contributed by atoms with E-state index in [9.17, 15) is 0 Å². The van der Waals surface area contributed by atoms with E-state index in [-0.39, 0.29) is 0 Å². The Bertz CT molecular complexity index is 285. The highest BCUT2D eigenvalue weighted by Crippen LogP contribution is 2.17. The predicted octanol–water partition coefficient (Wildman–Crippen LogP) is 1.99. The normalized spacial score (nSPS) is 10.2. The van der Waals surface area contributed by atoms with E-state index < -0.39 is 0 Å². The fourth-order valence-corrected chi connectivity index (χ4v) is 1.07. The van der Waals surface area contributed by atoms with Gasteiger partial charge in [-0.3, -0.25) is 0 Å². The third-order valence-corrected chi connectivity index (χ3v) is 1.96. The van der Waals surface area contributed by atoms with Crippen molar-refractivity contribution in [3.05, 3.63) is 24.3 Å². The van der Waals surface area contributed by atoms with E-state index in [2.05, 4.69) is 21.7 Å². The lowest BCUT2D eigenvalue weighted by Gasteiger charge is -2.10. The molecule has 0 aromatic heterocycles. The van der Waals surface area contributed by atoms with E-state index in [0.29, 0.717) is 6.61 Å². The Balaban J connectivity index is 2.40. The molecule has 0 aliphatic carbocycles. The van der Waals surface area contributed by atoms with Crippen molar-refractivity contribution in [2.75, 3.05) is 27.2 Å². The van der Waals surface area contributed by atoms with Crippen molar-refractivity contribution in [1.29, 1.82) is 0 Å². The zero-order valence-corrected chi connectivity index (χ0v) is 9.25. The maximum Gasteiger partial charge on any atom is 0.119 e. The van der Waals surface area contributed by atoms with E-state index in [1.807, 2.05) is 38.4 Å². The van der Waals surface area contributed by atoms with Crippen LogP contribution in [-0.4, -0.2) is 32.1 Å². The van der Waals surface area contributed by atoms with Crippen molar-refractivity contribution < 1.29 is 4.74 Å². The first kappa shape index (κ1) is 11.1. The van der Waals surface area contributed by atoms with Crippen LogP contribution in [-0.2, 0) is 12.4 Å². The Kier molecular flexibility index (Phi) is 4.49. The van der Waals surface area contributed by atoms with E-state index in [0.717, 1.165) is 18.0 Å². The molecule has 0 heterocycles. The molecule has 0 aliphatic heterocycles. The lowest BCUT2D eigenvalue weighted by molar-refractivity contribution is 0.261. The molecule has 0 saturated heterocycles. The second kappa shape index (κ2) is 5.67. The van der Waals surface area contributed by atoms with Crippen LogP contribution in [0.25, 0.3) is 0 Å². The summed E-state index contributed by atoms with van der Waals surface area (Å²) in [6.45, 7) is 1.60. The molecule has 4 heteroatoms. The number of rotatable bonds is 5. The monoisotopic (exact) mass is 210 g/mol. The third kappa shape index (κ3) is 3.81. The maximum absolute atomic E-state index is 5.50. The molecule has 0 radical (unpaired) electrons. The largest absolute Gasteiger partial charge is 0.492 e. The number of hydrogen-bond donors (Lipinski definition) is 0. The summed E-state index contributed by atoms with van der Waals surface area (Å²) in [5.41, 5.74) is 0.792. The fourth-order valence-electron chi connectivity index (χ4n) is 0.949. The van der Waals surface area contributed by atoms with Crippen molar-refractivity contribution in [3.8, 4) is 5.75 Å². The van der Waals surface area contributed by atoms with Crippen molar-refractivity contribution in [3.63, 3.8) is 0 Å². The first-order valence-corrected chi connectivity index (χ1v) is 4.80. The third-order valence-electron chi connectivity index (χ3n) is 1.75. The highest BCUT2D eigenvalue weighted by Gasteiger charge is 1.94. The standard InChI is InChI=1S/C10H14N2OS/c1-12(2)7-8-13-10-5-3-9(11-14)4-6-10/h3-6H,7-8H2,1-2H3. The lowest BCUT2D eigenvalue weighted by Crippen LogP contribution is -2.19. The molecular formula is C10H14N2OS. The van der Waals surface area contributed by atoms with Crippen molar-refractivity contribution in [2.24, 2.45) is 4.36 Å². The Morgan fingerprint density at radius 2 is 1.93 bits per heavy atom. The van der Waals surface area contributed by atoms with Crippen molar-refractivity contribution >= 4 is 18.1 Å². The molecule has 1 aromatic carbocycles. The van der Waals surface area contributed by atoms with Crippen LogP contribution in [0.15, 0.2) is 28.6 Å². The zero-order valence-electron chi connectivity index (χ0n) is 8.43. The first-order valence-electron chi connectivity index (χ1n) is 4.43. The number of benzene rings is 1. The first-order chi connectivity index (χ1) is 6.72. The molecular weight excluding hydrogens is 196 g/mol. The molecule has 3 nitrogen and oxygen atoms in total. The Hall–Kier alpha value is -1.00. The van der Waals surface area contributed by atoms with Gasteiger partial charge in [0.1, 0.15) is 12.4 Å². The van der Waals surface area contributed by atoms with Gasteiger partial charge in [-0.15, -0.1) is 0 Å². The SMILES string of the molecule is CN(C)CCOc1ccc(N=S)cc1. The number of likely N-dealkylation sites (N-methyl/N-ethyl adjacent to an activating group) is 1. The summed E-state index contributed by atoms with van der Waals surface area (Å²) in [5, 5.41) is 0. The molecule has 0 aliphatic rings. The zero-order chi connectivity index (χ0) is 10.4. The number of ether oxygens (including phenoxy) is 1. The van der Waals surface area contributed by atoms with Gasteiger partial charge in [-0.25, -0.2) is 0 Å². The minimum absolute atomic E-state index is 0.692. The summed E-state index contributed by atoms with van der Waals surface area (Å²) in [7, 11) is 4.03. The van der Waals surface area contributed by atoms with E-state index in [4.69, 9.17) is 4.74 Å². The molecule has 0 atom stereocenters. The summed E-state index contributed by atoms with van der Waals surface area (Å²) in [4.78, 5) is 2.08. The van der Waals surface area contributed by atoms with Gasteiger partial charge in [0.05, 0.1) is 5.69 Å². The maximum atomic E-state index is 5.50. The van der Waals surface area contributed by atoms with Crippen LogP contribution in [0, 0.1) is 0 Å². The molecule has 0 bridgehead atoms. The summed E-state index contributed by atoms with van der Waals surface area (Å²) in [5.74, 6) is 0.856. The molecule has 0 unspecified atom stereocenters. The van der Waals surface area contributed by atoms with Gasteiger partial charge in [0.2, 0.25) is 0 Å². The molecule has 14 heavy (non-hydrogen) atoms. The van der Waals surface area contributed by atoms with Crippen LogP contribution in [0.2, 0.25) is 0 Å². The molecule has 1 rings (SSSR count). The molecule has 0 saturated carbocycles. The van der Waals surface area contributed by atoms with Crippen molar-refractivity contribution in [1.82, 2.24) is 4.90 Å². The average Bonchev–Trinajstić information content (AvgIpc) is 2.18. The highest BCUT2D eigenvalue weighted by atomic mass is 32.1. The molecule has 0 amide bonds. The van der Waals surface area contributed by atoms with Crippen LogP contribution in [0.1, 0.15) is 0 Å². The smallest absolute Gasteiger partial charge is 0.119 e. The van der Waals surface area contributed by atoms with Gasteiger partial charge in [0, 0.05) is 19.0 Å². The van der Waals surface area contributed by atoms with Crippen LogP contribution in [0.5, 0.6) is 5.75 Å². The van der Waals surface area contributed by atoms with Gasteiger partial charge < -0.3 is 9.64 Å². The van der Waals surface area contributed by atoms with Gasteiger partial charge in [0.25, 0.3) is 0 Å². The summed E-state index contributed by atoms with van der Waals surface area (Å²) < 4.78 is 9.14. The molecule has 76 valence electrons. The average molecular weight is 210 g/mol. The Morgan fingerprint density at radius 3 is 2.43 bits per heavy atom. The van der Waals surface area contributed by atoms with Crippen LogP contribution >= 0.6 is 0 Å².